The van der Waals surface area contributed by atoms with Crippen molar-refractivity contribution in [2.75, 3.05) is 10.6 Å². The first-order chi connectivity index (χ1) is 14.5. The molecule has 0 bridgehead atoms. The first-order valence-electron chi connectivity index (χ1n) is 9.37. The second-order valence-electron chi connectivity index (χ2n) is 6.51. The molecule has 3 aromatic rings. The maximum absolute atomic E-state index is 13.0. The summed E-state index contributed by atoms with van der Waals surface area (Å²) in [6.07, 6.45) is 3.24. The fourth-order valence-corrected chi connectivity index (χ4v) is 3.44. The van der Waals surface area contributed by atoms with E-state index in [4.69, 9.17) is 0 Å². The lowest BCUT2D eigenvalue weighted by Gasteiger charge is -2.12. The highest BCUT2D eigenvalue weighted by Gasteiger charge is 2.14. The molecular formula is C24H21FN2O2S. The van der Waals surface area contributed by atoms with Crippen LogP contribution in [-0.2, 0) is 9.59 Å². The second-order valence-corrected chi connectivity index (χ2v) is 7.93. The molecule has 0 aliphatic carbocycles. The van der Waals surface area contributed by atoms with Gasteiger partial charge in [0.25, 0.3) is 0 Å². The van der Waals surface area contributed by atoms with Gasteiger partial charge >= 0.3 is 0 Å². The summed E-state index contributed by atoms with van der Waals surface area (Å²) >= 11 is 1.40. The zero-order valence-electron chi connectivity index (χ0n) is 16.3. The topological polar surface area (TPSA) is 58.2 Å². The van der Waals surface area contributed by atoms with E-state index in [1.807, 2.05) is 42.5 Å². The number of carbonyl (C=O) groups excluding carboxylic acids is 2. The van der Waals surface area contributed by atoms with Gasteiger partial charge in [-0.05, 0) is 67.1 Å². The van der Waals surface area contributed by atoms with Crippen LogP contribution in [0, 0.1) is 5.82 Å². The van der Waals surface area contributed by atoms with Crippen molar-refractivity contribution in [2.24, 2.45) is 0 Å². The summed E-state index contributed by atoms with van der Waals surface area (Å²) in [5.41, 5.74) is 2.17. The number of carbonyl (C=O) groups is 2. The third-order valence-electron chi connectivity index (χ3n) is 4.14. The Hall–Kier alpha value is -3.38. The summed E-state index contributed by atoms with van der Waals surface area (Å²) in [6, 6.07) is 22.5. The largest absolute Gasteiger partial charge is 0.325 e. The van der Waals surface area contributed by atoms with Crippen molar-refractivity contribution in [2.45, 2.75) is 17.1 Å². The molecule has 0 aromatic heterocycles. The van der Waals surface area contributed by atoms with E-state index >= 15 is 0 Å². The van der Waals surface area contributed by atoms with Crippen molar-refractivity contribution in [3.05, 3.63) is 96.3 Å². The smallest absolute Gasteiger partial charge is 0.248 e. The molecule has 3 rings (SSSR count). The van der Waals surface area contributed by atoms with Gasteiger partial charge in [0.15, 0.2) is 0 Å². The van der Waals surface area contributed by atoms with E-state index in [1.54, 1.807) is 25.1 Å². The molecule has 6 heteroatoms. The molecular weight excluding hydrogens is 399 g/mol. The average Bonchev–Trinajstić information content (AvgIpc) is 2.76. The highest BCUT2D eigenvalue weighted by atomic mass is 32.2. The van der Waals surface area contributed by atoms with Crippen LogP contribution in [0.4, 0.5) is 15.8 Å². The number of hydrogen-bond donors (Lipinski definition) is 2. The number of halogens is 1. The molecule has 2 amide bonds. The van der Waals surface area contributed by atoms with Crippen LogP contribution in [0.25, 0.3) is 6.08 Å². The van der Waals surface area contributed by atoms with E-state index in [-0.39, 0.29) is 22.9 Å². The van der Waals surface area contributed by atoms with Crippen molar-refractivity contribution in [1.82, 2.24) is 0 Å². The van der Waals surface area contributed by atoms with E-state index in [2.05, 4.69) is 10.6 Å². The molecule has 0 spiro atoms. The van der Waals surface area contributed by atoms with E-state index in [0.717, 1.165) is 10.5 Å². The van der Waals surface area contributed by atoms with E-state index < -0.39 is 0 Å². The minimum Gasteiger partial charge on any atom is -0.325 e. The van der Waals surface area contributed by atoms with Crippen molar-refractivity contribution in [3.63, 3.8) is 0 Å². The highest BCUT2D eigenvalue weighted by molar-refractivity contribution is 8.00. The summed E-state index contributed by atoms with van der Waals surface area (Å²) in [6.45, 7) is 1.80. The third kappa shape index (κ3) is 6.60. The lowest BCUT2D eigenvalue weighted by atomic mass is 10.2. The first kappa shape index (κ1) is 21.3. The SMILES string of the molecule is CC(Sc1ccc(NC(=O)/C=C/c2ccccc2)cc1)C(=O)Nc1ccc(F)cc1. The van der Waals surface area contributed by atoms with E-state index in [0.29, 0.717) is 11.4 Å². The predicted molar refractivity (Wildman–Crippen MR) is 121 cm³/mol. The van der Waals surface area contributed by atoms with Crippen LogP contribution in [0.3, 0.4) is 0 Å². The van der Waals surface area contributed by atoms with Gasteiger partial charge in [0.2, 0.25) is 11.8 Å². The lowest BCUT2D eigenvalue weighted by Crippen LogP contribution is -2.22. The molecule has 1 unspecified atom stereocenters. The minimum absolute atomic E-state index is 0.171. The summed E-state index contributed by atoms with van der Waals surface area (Å²) in [4.78, 5) is 25.3. The van der Waals surface area contributed by atoms with Gasteiger partial charge in [0, 0.05) is 22.3 Å². The average molecular weight is 421 g/mol. The molecule has 1 atom stereocenters. The van der Waals surface area contributed by atoms with Crippen molar-refractivity contribution in [3.8, 4) is 0 Å². The number of anilines is 2. The van der Waals surface area contributed by atoms with Crippen LogP contribution in [0.5, 0.6) is 0 Å². The molecule has 30 heavy (non-hydrogen) atoms. The Labute approximate surface area is 179 Å². The van der Waals surface area contributed by atoms with Gasteiger partial charge in [-0.2, -0.15) is 0 Å². The number of nitrogens with one attached hydrogen (secondary N) is 2. The molecule has 0 radical (unpaired) electrons. The van der Waals surface area contributed by atoms with Crippen molar-refractivity contribution < 1.29 is 14.0 Å². The monoisotopic (exact) mass is 420 g/mol. The van der Waals surface area contributed by atoms with E-state index in [1.165, 1.54) is 42.1 Å². The molecule has 2 N–H and O–H groups in total. The number of hydrogen-bond acceptors (Lipinski definition) is 3. The van der Waals surface area contributed by atoms with Gasteiger partial charge in [-0.1, -0.05) is 30.3 Å². The number of thioether (sulfide) groups is 1. The van der Waals surface area contributed by atoms with Crippen LogP contribution in [0.15, 0.2) is 89.8 Å². The Bertz CT molecular complexity index is 1020. The minimum atomic E-state index is -0.349. The summed E-state index contributed by atoms with van der Waals surface area (Å²) in [5.74, 6) is -0.737. The fraction of sp³-hybridized carbons (Fsp3) is 0.0833. The standard InChI is InChI=1S/C24H21FN2O2S/c1-17(24(29)27-21-10-8-19(25)9-11-21)30-22-14-12-20(13-15-22)26-23(28)16-7-18-5-3-2-4-6-18/h2-17H,1H3,(H,26,28)(H,27,29)/b16-7+. The van der Waals surface area contributed by atoms with Gasteiger partial charge < -0.3 is 10.6 Å². The summed E-state index contributed by atoms with van der Waals surface area (Å²) < 4.78 is 13.0. The quantitative estimate of drug-likeness (QED) is 0.387. The zero-order valence-corrected chi connectivity index (χ0v) is 17.2. The molecule has 4 nitrogen and oxygen atoms in total. The fourth-order valence-electron chi connectivity index (χ4n) is 2.57. The number of rotatable bonds is 7. The van der Waals surface area contributed by atoms with Gasteiger partial charge in [0.1, 0.15) is 5.82 Å². The van der Waals surface area contributed by atoms with Crippen LogP contribution in [-0.4, -0.2) is 17.1 Å². The van der Waals surface area contributed by atoms with Crippen LogP contribution in [0.2, 0.25) is 0 Å². The zero-order chi connectivity index (χ0) is 21.3. The molecule has 0 saturated carbocycles. The van der Waals surface area contributed by atoms with E-state index in [9.17, 15) is 14.0 Å². The summed E-state index contributed by atoms with van der Waals surface area (Å²) in [5, 5.41) is 5.23. The Kier molecular flexibility index (Phi) is 7.40. The number of amides is 2. The molecule has 0 aliphatic rings. The van der Waals surface area contributed by atoms with Crippen molar-refractivity contribution in [1.29, 1.82) is 0 Å². The first-order valence-corrected chi connectivity index (χ1v) is 10.2. The van der Waals surface area contributed by atoms with Gasteiger partial charge in [-0.15, -0.1) is 11.8 Å². The van der Waals surface area contributed by atoms with Crippen LogP contribution >= 0.6 is 11.8 Å². The molecule has 0 heterocycles. The summed E-state index contributed by atoms with van der Waals surface area (Å²) in [7, 11) is 0. The maximum atomic E-state index is 13.0. The normalized spacial score (nSPS) is 11.8. The van der Waals surface area contributed by atoms with Crippen molar-refractivity contribution >= 4 is 41.0 Å². The van der Waals surface area contributed by atoms with Crippen LogP contribution < -0.4 is 10.6 Å². The van der Waals surface area contributed by atoms with Gasteiger partial charge in [-0.25, -0.2) is 4.39 Å². The lowest BCUT2D eigenvalue weighted by molar-refractivity contribution is -0.115. The Morgan fingerprint density at radius 3 is 2.13 bits per heavy atom. The maximum Gasteiger partial charge on any atom is 0.248 e. The second kappa shape index (κ2) is 10.4. The molecule has 0 aliphatic heterocycles. The Morgan fingerprint density at radius 2 is 1.47 bits per heavy atom. The van der Waals surface area contributed by atoms with Crippen LogP contribution in [0.1, 0.15) is 12.5 Å². The Balaban J connectivity index is 1.51. The predicted octanol–water partition coefficient (Wildman–Crippen LogP) is 5.60. The third-order valence-corrected chi connectivity index (χ3v) is 5.25. The molecule has 0 saturated heterocycles. The molecule has 0 fully saturated rings. The molecule has 152 valence electrons. The van der Waals surface area contributed by atoms with Gasteiger partial charge in [-0.3, -0.25) is 9.59 Å². The van der Waals surface area contributed by atoms with Gasteiger partial charge in [0.05, 0.1) is 5.25 Å². The molecule has 3 aromatic carbocycles. The Morgan fingerprint density at radius 1 is 0.867 bits per heavy atom. The number of benzene rings is 3. The highest BCUT2D eigenvalue weighted by Crippen LogP contribution is 2.25.